The van der Waals surface area contributed by atoms with Crippen LogP contribution in [-0.2, 0) is 18.4 Å². The zero-order valence-corrected chi connectivity index (χ0v) is 14.4. The Morgan fingerprint density at radius 1 is 1.29 bits per heavy atom. The predicted octanol–water partition coefficient (Wildman–Crippen LogP) is 3.43. The van der Waals surface area contributed by atoms with Crippen molar-refractivity contribution in [3.8, 4) is 0 Å². The van der Waals surface area contributed by atoms with E-state index in [0.29, 0.717) is 12.1 Å². The lowest BCUT2D eigenvalue weighted by atomic mass is 10.1. The summed E-state index contributed by atoms with van der Waals surface area (Å²) in [5.41, 5.74) is 3.43. The van der Waals surface area contributed by atoms with Gasteiger partial charge in [-0.25, -0.2) is 9.37 Å². The van der Waals surface area contributed by atoms with Crippen LogP contribution in [0, 0.1) is 12.7 Å². The lowest BCUT2D eigenvalue weighted by Crippen LogP contribution is -2.24. The first-order chi connectivity index (χ1) is 11.5. The summed E-state index contributed by atoms with van der Waals surface area (Å²) in [6.07, 6.45) is 0. The number of aryl methyl sites for hydroxylation is 2. The number of para-hydroxylation sites is 2. The number of thioether (sulfide) groups is 1. The number of carbonyl (C=O) groups excluding carboxylic acids is 1. The molecular weight excluding hydrogens is 325 g/mol. The molecule has 0 saturated heterocycles. The van der Waals surface area contributed by atoms with E-state index in [4.69, 9.17) is 0 Å². The molecule has 0 saturated carbocycles. The molecule has 0 aliphatic carbocycles. The Bertz CT molecular complexity index is 891. The quantitative estimate of drug-likeness (QED) is 0.722. The van der Waals surface area contributed by atoms with Crippen molar-refractivity contribution in [2.75, 3.05) is 5.75 Å². The summed E-state index contributed by atoms with van der Waals surface area (Å²) in [6.45, 7) is 2.10. The molecule has 0 aliphatic rings. The van der Waals surface area contributed by atoms with E-state index in [1.54, 1.807) is 19.1 Å². The number of nitrogens with one attached hydrogen (secondary N) is 1. The summed E-state index contributed by atoms with van der Waals surface area (Å²) < 4.78 is 15.2. The van der Waals surface area contributed by atoms with Crippen LogP contribution in [0.2, 0.25) is 0 Å². The van der Waals surface area contributed by atoms with Gasteiger partial charge in [0.25, 0.3) is 0 Å². The van der Waals surface area contributed by atoms with Crippen LogP contribution in [0.1, 0.15) is 11.1 Å². The molecule has 0 unspecified atom stereocenters. The van der Waals surface area contributed by atoms with Gasteiger partial charge in [0.2, 0.25) is 5.91 Å². The molecule has 0 atom stereocenters. The Balaban J connectivity index is 1.56. The van der Waals surface area contributed by atoms with Crippen LogP contribution < -0.4 is 5.32 Å². The molecule has 4 nitrogen and oxygen atoms in total. The van der Waals surface area contributed by atoms with Crippen LogP contribution >= 0.6 is 11.8 Å². The second-order valence-corrected chi connectivity index (χ2v) is 6.53. The summed E-state index contributed by atoms with van der Waals surface area (Å²) in [4.78, 5) is 16.6. The van der Waals surface area contributed by atoms with E-state index in [2.05, 4.69) is 10.3 Å². The minimum absolute atomic E-state index is 0.0750. The van der Waals surface area contributed by atoms with Crippen LogP contribution in [-0.4, -0.2) is 21.2 Å². The third-order valence-corrected chi connectivity index (χ3v) is 4.82. The highest BCUT2D eigenvalue weighted by molar-refractivity contribution is 7.99. The van der Waals surface area contributed by atoms with Crippen LogP contribution in [0.5, 0.6) is 0 Å². The van der Waals surface area contributed by atoms with Crippen molar-refractivity contribution >= 4 is 28.7 Å². The van der Waals surface area contributed by atoms with Crippen LogP contribution in [0.25, 0.3) is 11.0 Å². The summed E-state index contributed by atoms with van der Waals surface area (Å²) in [7, 11) is 1.94. The molecule has 3 rings (SSSR count). The Hall–Kier alpha value is -2.34. The van der Waals surface area contributed by atoms with Gasteiger partial charge in [0.15, 0.2) is 5.16 Å². The molecule has 1 heterocycles. The first kappa shape index (κ1) is 16.5. The van der Waals surface area contributed by atoms with Crippen molar-refractivity contribution in [2.45, 2.75) is 18.6 Å². The van der Waals surface area contributed by atoms with E-state index in [-0.39, 0.29) is 17.5 Å². The predicted molar refractivity (Wildman–Crippen MR) is 94.4 cm³/mol. The number of rotatable bonds is 5. The molecule has 24 heavy (non-hydrogen) atoms. The maximum Gasteiger partial charge on any atom is 0.230 e. The van der Waals surface area contributed by atoms with E-state index in [9.17, 15) is 9.18 Å². The lowest BCUT2D eigenvalue weighted by Gasteiger charge is -2.06. The van der Waals surface area contributed by atoms with E-state index in [1.165, 1.54) is 17.8 Å². The van der Waals surface area contributed by atoms with Gasteiger partial charge in [0.1, 0.15) is 5.82 Å². The average Bonchev–Trinajstić information content (AvgIpc) is 2.90. The topological polar surface area (TPSA) is 46.9 Å². The highest BCUT2D eigenvalue weighted by atomic mass is 32.2. The van der Waals surface area contributed by atoms with E-state index in [1.807, 2.05) is 35.9 Å². The number of halogens is 1. The number of amides is 1. The lowest BCUT2D eigenvalue weighted by molar-refractivity contribution is -0.118. The number of fused-ring (bicyclic) bond motifs is 1. The third-order valence-electron chi connectivity index (χ3n) is 3.79. The summed E-state index contributed by atoms with van der Waals surface area (Å²) in [5.74, 6) is -0.0198. The standard InChI is InChI=1S/C18H18FN3OS/c1-12-9-13(7-8-14(12)19)10-20-17(23)11-24-18-21-15-5-3-4-6-16(15)22(18)2/h3-9H,10-11H2,1-2H3,(H,20,23). The van der Waals surface area contributed by atoms with Gasteiger partial charge in [-0.3, -0.25) is 4.79 Å². The molecule has 1 amide bonds. The number of nitrogens with zero attached hydrogens (tertiary/aromatic N) is 2. The number of aromatic nitrogens is 2. The molecule has 1 N–H and O–H groups in total. The zero-order valence-electron chi connectivity index (χ0n) is 13.5. The molecular formula is C18H18FN3OS. The Morgan fingerprint density at radius 2 is 2.08 bits per heavy atom. The van der Waals surface area contributed by atoms with Gasteiger partial charge in [0.05, 0.1) is 16.8 Å². The minimum Gasteiger partial charge on any atom is -0.351 e. The molecule has 3 aromatic rings. The fourth-order valence-corrected chi connectivity index (χ4v) is 3.27. The van der Waals surface area contributed by atoms with Gasteiger partial charge >= 0.3 is 0 Å². The van der Waals surface area contributed by atoms with Gasteiger partial charge in [-0.15, -0.1) is 0 Å². The maximum atomic E-state index is 13.2. The van der Waals surface area contributed by atoms with Crippen molar-refractivity contribution in [2.24, 2.45) is 7.05 Å². The summed E-state index contributed by atoms with van der Waals surface area (Å²) in [6, 6.07) is 12.7. The molecule has 1 aromatic heterocycles. The van der Waals surface area contributed by atoms with E-state index < -0.39 is 0 Å². The van der Waals surface area contributed by atoms with Crippen molar-refractivity contribution in [3.63, 3.8) is 0 Å². The van der Waals surface area contributed by atoms with Crippen molar-refractivity contribution in [3.05, 3.63) is 59.4 Å². The van der Waals surface area contributed by atoms with Crippen molar-refractivity contribution < 1.29 is 9.18 Å². The van der Waals surface area contributed by atoms with Gasteiger partial charge in [0, 0.05) is 13.6 Å². The molecule has 0 aliphatic heterocycles. The maximum absolute atomic E-state index is 13.2. The fourth-order valence-electron chi connectivity index (χ4n) is 2.45. The second-order valence-electron chi connectivity index (χ2n) is 5.59. The highest BCUT2D eigenvalue weighted by Crippen LogP contribution is 2.22. The summed E-state index contributed by atoms with van der Waals surface area (Å²) >= 11 is 1.40. The number of carbonyl (C=O) groups is 1. The Kier molecular flexibility index (Phi) is 4.85. The number of hydrogen-bond donors (Lipinski definition) is 1. The molecule has 0 radical (unpaired) electrons. The third kappa shape index (κ3) is 3.59. The monoisotopic (exact) mass is 343 g/mol. The number of imidazole rings is 1. The van der Waals surface area contributed by atoms with Gasteiger partial charge in [-0.1, -0.05) is 36.0 Å². The van der Waals surface area contributed by atoms with E-state index >= 15 is 0 Å². The average molecular weight is 343 g/mol. The largest absolute Gasteiger partial charge is 0.351 e. The zero-order chi connectivity index (χ0) is 17.1. The molecule has 2 aromatic carbocycles. The number of benzene rings is 2. The first-order valence-corrected chi connectivity index (χ1v) is 8.59. The normalized spacial score (nSPS) is 11.0. The van der Waals surface area contributed by atoms with Gasteiger partial charge in [-0.05, 0) is 36.2 Å². The Labute approximate surface area is 144 Å². The van der Waals surface area contributed by atoms with Crippen molar-refractivity contribution in [1.82, 2.24) is 14.9 Å². The molecule has 0 spiro atoms. The van der Waals surface area contributed by atoms with Gasteiger partial charge < -0.3 is 9.88 Å². The van der Waals surface area contributed by atoms with Gasteiger partial charge in [-0.2, -0.15) is 0 Å². The fraction of sp³-hybridized carbons (Fsp3) is 0.222. The van der Waals surface area contributed by atoms with Crippen LogP contribution in [0.4, 0.5) is 4.39 Å². The van der Waals surface area contributed by atoms with Crippen molar-refractivity contribution in [1.29, 1.82) is 0 Å². The SMILES string of the molecule is Cc1cc(CNC(=O)CSc2nc3ccccc3n2C)ccc1F. The molecule has 0 bridgehead atoms. The minimum atomic E-state index is -0.234. The van der Waals surface area contributed by atoms with Crippen LogP contribution in [0.3, 0.4) is 0 Å². The highest BCUT2D eigenvalue weighted by Gasteiger charge is 2.10. The molecule has 124 valence electrons. The van der Waals surface area contributed by atoms with Crippen LogP contribution in [0.15, 0.2) is 47.6 Å². The summed E-state index contributed by atoms with van der Waals surface area (Å²) in [5, 5.41) is 3.66. The molecule has 6 heteroatoms. The second kappa shape index (κ2) is 7.05. The van der Waals surface area contributed by atoms with E-state index in [0.717, 1.165) is 21.8 Å². The molecule has 0 fully saturated rings. The first-order valence-electron chi connectivity index (χ1n) is 7.60. The number of hydrogen-bond acceptors (Lipinski definition) is 3. The Morgan fingerprint density at radius 3 is 2.83 bits per heavy atom. The smallest absolute Gasteiger partial charge is 0.230 e.